The first-order valence-corrected chi connectivity index (χ1v) is 14.2. The molecule has 4 aromatic rings. The molecular weight excluding hydrogens is 488 g/mol. The Morgan fingerprint density at radius 1 is 1.15 bits per heavy atom. The third-order valence-electron chi connectivity index (χ3n) is 8.49. The van der Waals surface area contributed by atoms with Crippen LogP contribution < -0.4 is 4.90 Å². The van der Waals surface area contributed by atoms with E-state index in [0.29, 0.717) is 13.0 Å². The van der Waals surface area contributed by atoms with Gasteiger partial charge in [0.05, 0.1) is 16.7 Å². The summed E-state index contributed by atoms with van der Waals surface area (Å²) < 4.78 is 1.86. The van der Waals surface area contributed by atoms with Gasteiger partial charge in [0.25, 0.3) is 0 Å². The van der Waals surface area contributed by atoms with Crippen molar-refractivity contribution in [2.45, 2.75) is 72.9 Å². The van der Waals surface area contributed by atoms with Gasteiger partial charge in [0.2, 0.25) is 5.91 Å². The average molecular weight is 531 g/mol. The molecule has 5 rings (SSSR count). The first-order chi connectivity index (χ1) is 18.6. The Hall–Kier alpha value is -3.46. The van der Waals surface area contributed by atoms with Crippen molar-refractivity contribution in [1.29, 1.82) is 0 Å². The monoisotopic (exact) mass is 530 g/mol. The fourth-order valence-corrected chi connectivity index (χ4v) is 5.85. The van der Waals surface area contributed by atoms with E-state index >= 15 is 0 Å². The zero-order chi connectivity index (χ0) is 28.0. The van der Waals surface area contributed by atoms with Gasteiger partial charge in [0, 0.05) is 55.5 Å². The van der Waals surface area contributed by atoms with Crippen LogP contribution in [0.25, 0.3) is 27.9 Å². The number of H-pyrrole nitrogens is 1. The van der Waals surface area contributed by atoms with Crippen LogP contribution in [0.2, 0.25) is 0 Å². The highest BCUT2D eigenvalue weighted by atomic mass is 16.2. The second-order valence-electron chi connectivity index (χ2n) is 11.5. The molecule has 1 N–H and O–H groups in total. The molecule has 0 saturated carbocycles. The highest BCUT2D eigenvalue weighted by molar-refractivity contribution is 5.90. The number of nitrogens with zero attached hydrogens (tertiary/aromatic N) is 7. The zero-order valence-corrected chi connectivity index (χ0v) is 24.6. The molecule has 1 saturated heterocycles. The first-order valence-electron chi connectivity index (χ1n) is 14.2. The van der Waals surface area contributed by atoms with E-state index in [1.54, 1.807) is 6.33 Å². The molecule has 39 heavy (non-hydrogen) atoms. The Balaban J connectivity index is 1.48. The predicted octanol–water partition coefficient (Wildman–Crippen LogP) is 4.78. The van der Waals surface area contributed by atoms with Gasteiger partial charge in [-0.25, -0.2) is 14.5 Å². The van der Waals surface area contributed by atoms with Crippen molar-refractivity contribution in [3.63, 3.8) is 0 Å². The average Bonchev–Trinajstić information content (AvgIpc) is 3.54. The van der Waals surface area contributed by atoms with Crippen LogP contribution in [0.1, 0.15) is 63.6 Å². The summed E-state index contributed by atoms with van der Waals surface area (Å²) in [4.78, 5) is 33.0. The summed E-state index contributed by atoms with van der Waals surface area (Å²) in [6, 6.07) is 4.57. The van der Waals surface area contributed by atoms with E-state index in [1.807, 2.05) is 4.52 Å². The number of aromatic amines is 1. The fourth-order valence-electron chi connectivity index (χ4n) is 5.85. The largest absolute Gasteiger partial charge is 0.353 e. The third-order valence-corrected chi connectivity index (χ3v) is 8.49. The molecule has 5 heterocycles. The van der Waals surface area contributed by atoms with Crippen LogP contribution in [0, 0.1) is 13.8 Å². The molecule has 0 radical (unpaired) electrons. The van der Waals surface area contributed by atoms with Gasteiger partial charge >= 0.3 is 0 Å². The van der Waals surface area contributed by atoms with E-state index in [4.69, 9.17) is 4.98 Å². The van der Waals surface area contributed by atoms with Crippen LogP contribution in [0.15, 0.2) is 24.7 Å². The lowest BCUT2D eigenvalue weighted by molar-refractivity contribution is -0.134. The van der Waals surface area contributed by atoms with Crippen LogP contribution in [0.3, 0.4) is 0 Å². The van der Waals surface area contributed by atoms with Gasteiger partial charge in [-0.2, -0.15) is 5.10 Å². The maximum Gasteiger partial charge on any atom is 0.224 e. The van der Waals surface area contributed by atoms with Gasteiger partial charge in [0.1, 0.15) is 12.1 Å². The maximum atomic E-state index is 13.0. The second kappa shape index (κ2) is 10.6. The number of nitrogens with one attached hydrogen (secondary N) is 1. The Bertz CT molecular complexity index is 1500. The summed E-state index contributed by atoms with van der Waals surface area (Å²) in [5.74, 6) is 1.48. The predicted molar refractivity (Wildman–Crippen MR) is 157 cm³/mol. The normalized spacial score (nSPS) is 18.3. The number of hydrogen-bond donors (Lipinski definition) is 1. The Morgan fingerprint density at radius 3 is 2.64 bits per heavy atom. The summed E-state index contributed by atoms with van der Waals surface area (Å²) in [6.45, 7) is 18.4. The number of fused-ring (bicyclic) bond motifs is 2. The summed E-state index contributed by atoms with van der Waals surface area (Å²) in [7, 11) is 2.06. The second-order valence-corrected chi connectivity index (χ2v) is 11.5. The smallest absolute Gasteiger partial charge is 0.224 e. The molecule has 0 aliphatic carbocycles. The fraction of sp³-hybridized carbons (Fsp3) is 0.533. The number of aryl methyl sites for hydroxylation is 1. The van der Waals surface area contributed by atoms with Gasteiger partial charge in [0.15, 0.2) is 5.65 Å². The zero-order valence-electron chi connectivity index (χ0n) is 24.6. The number of hydrogen-bond acceptors (Lipinski definition) is 6. The minimum atomic E-state index is 0.129. The van der Waals surface area contributed by atoms with Crippen LogP contribution in [-0.4, -0.2) is 85.6 Å². The summed E-state index contributed by atoms with van der Waals surface area (Å²) in [5, 5.41) is 4.41. The molecule has 2 atom stereocenters. The molecule has 0 unspecified atom stereocenters. The van der Waals surface area contributed by atoms with Crippen molar-refractivity contribution < 1.29 is 4.79 Å². The highest BCUT2D eigenvalue weighted by Gasteiger charge is 2.33. The van der Waals surface area contributed by atoms with Crippen molar-refractivity contribution in [2.24, 2.45) is 0 Å². The minimum absolute atomic E-state index is 0.129. The molecule has 0 bridgehead atoms. The van der Waals surface area contributed by atoms with E-state index in [1.165, 1.54) is 11.1 Å². The lowest BCUT2D eigenvalue weighted by Crippen LogP contribution is -2.58. The van der Waals surface area contributed by atoms with E-state index in [-0.39, 0.29) is 23.9 Å². The Morgan fingerprint density at radius 2 is 1.92 bits per heavy atom. The molecule has 1 aliphatic rings. The maximum absolute atomic E-state index is 13.0. The van der Waals surface area contributed by atoms with Gasteiger partial charge < -0.3 is 19.7 Å². The van der Waals surface area contributed by atoms with Crippen LogP contribution in [0.5, 0.6) is 0 Å². The molecule has 9 nitrogen and oxygen atoms in total. The molecule has 9 heteroatoms. The van der Waals surface area contributed by atoms with Crippen molar-refractivity contribution in [1.82, 2.24) is 34.4 Å². The SMILES string of the molecule is CCN(C)CCC(=O)N1C[C@H](C)N(c2ccc3[nH]c(-c4cn5ncnc5c(C)c4C)c(C(C)C)c3n2)C[C@H]1C. The molecular formula is C30H42N8O. The lowest BCUT2D eigenvalue weighted by Gasteiger charge is -2.45. The quantitative estimate of drug-likeness (QED) is 0.370. The Labute approximate surface area is 231 Å². The number of carbonyl (C=O) groups is 1. The lowest BCUT2D eigenvalue weighted by atomic mass is 9.95. The molecule has 0 aromatic carbocycles. The van der Waals surface area contributed by atoms with E-state index in [9.17, 15) is 4.79 Å². The van der Waals surface area contributed by atoms with Gasteiger partial charge in [-0.1, -0.05) is 20.8 Å². The number of piperazine rings is 1. The van der Waals surface area contributed by atoms with Crippen LogP contribution >= 0.6 is 0 Å². The molecule has 1 aliphatic heterocycles. The van der Waals surface area contributed by atoms with E-state index in [0.717, 1.165) is 59.0 Å². The van der Waals surface area contributed by atoms with Gasteiger partial charge in [-0.3, -0.25) is 4.79 Å². The topological polar surface area (TPSA) is 85.7 Å². The number of amides is 1. The molecule has 208 valence electrons. The molecule has 0 spiro atoms. The van der Waals surface area contributed by atoms with Crippen molar-refractivity contribution >= 4 is 28.4 Å². The number of pyridine rings is 2. The summed E-state index contributed by atoms with van der Waals surface area (Å²) in [5.41, 5.74) is 8.67. The third kappa shape index (κ3) is 4.88. The van der Waals surface area contributed by atoms with Crippen LogP contribution in [0.4, 0.5) is 5.82 Å². The molecule has 1 amide bonds. The van der Waals surface area contributed by atoms with Gasteiger partial charge in [-0.15, -0.1) is 0 Å². The Kier molecular flexibility index (Phi) is 7.37. The highest BCUT2D eigenvalue weighted by Crippen LogP contribution is 2.38. The summed E-state index contributed by atoms with van der Waals surface area (Å²) in [6.07, 6.45) is 4.24. The number of rotatable bonds is 7. The number of aromatic nitrogens is 5. The van der Waals surface area contributed by atoms with Crippen LogP contribution in [-0.2, 0) is 4.79 Å². The molecule has 1 fully saturated rings. The van der Waals surface area contributed by atoms with E-state index in [2.05, 4.69) is 104 Å². The molecule has 4 aromatic heterocycles. The summed E-state index contributed by atoms with van der Waals surface area (Å²) >= 11 is 0. The number of carbonyl (C=O) groups excluding carboxylic acids is 1. The van der Waals surface area contributed by atoms with Crippen molar-refractivity contribution in [2.75, 3.05) is 38.1 Å². The number of anilines is 1. The minimum Gasteiger partial charge on any atom is -0.353 e. The van der Waals surface area contributed by atoms with Crippen molar-refractivity contribution in [3.8, 4) is 11.3 Å². The first kappa shape index (κ1) is 27.1. The van der Waals surface area contributed by atoms with Gasteiger partial charge in [-0.05, 0) is 70.5 Å². The standard InChI is InChI=1S/C30H42N8O/c1-9-35(8)13-12-26(39)37-15-19(4)36(14-20(37)5)25-11-10-24-29(34-25)27(18(2)3)28(33-24)23-16-38-30(31-17-32-38)22(7)21(23)6/h10-11,16-20,33H,9,12-15H2,1-8H3/t19-,20+/m0/s1. The van der Waals surface area contributed by atoms with Crippen molar-refractivity contribution in [3.05, 3.63) is 41.3 Å². The van der Waals surface area contributed by atoms with E-state index < -0.39 is 0 Å².